The van der Waals surface area contributed by atoms with E-state index in [9.17, 15) is 18.0 Å². The number of likely N-dealkylation sites (tertiary alicyclic amines) is 1. The second-order valence-electron chi connectivity index (χ2n) is 13.4. The number of piperazine rings is 1. The van der Waals surface area contributed by atoms with Crippen LogP contribution in [-0.2, 0) is 26.2 Å². The average molecular weight is 644 g/mol. The molecule has 2 saturated heterocycles. The number of rotatable bonds is 14. The summed E-state index contributed by atoms with van der Waals surface area (Å²) in [7, 11) is 0.340. The van der Waals surface area contributed by atoms with Gasteiger partial charge in [-0.25, -0.2) is 17.8 Å². The van der Waals surface area contributed by atoms with E-state index in [0.717, 1.165) is 48.4 Å². The molecule has 3 heterocycles. The minimum Gasteiger partial charge on any atom is -0.342 e. The van der Waals surface area contributed by atoms with Crippen LogP contribution < -0.4 is 10.0 Å². The van der Waals surface area contributed by atoms with E-state index in [4.69, 9.17) is 5.10 Å². The summed E-state index contributed by atoms with van der Waals surface area (Å²) >= 11 is 0. The topological polar surface area (TPSA) is 120 Å². The quantitative estimate of drug-likeness (QED) is 0.304. The molecule has 250 valence electrons. The normalized spacial score (nSPS) is 19.2. The monoisotopic (exact) mass is 643 g/mol. The summed E-state index contributed by atoms with van der Waals surface area (Å²) in [5.74, 6) is 0.386. The number of nitrogens with one attached hydrogen (secondary N) is 2. The fraction of sp³-hybridized carbons (Fsp3) is 0.667. The van der Waals surface area contributed by atoms with Crippen LogP contribution in [0.4, 0.5) is 0 Å². The van der Waals surface area contributed by atoms with Gasteiger partial charge in [-0.05, 0) is 96.8 Å². The lowest BCUT2D eigenvalue weighted by Gasteiger charge is -2.52. The van der Waals surface area contributed by atoms with Crippen molar-refractivity contribution in [1.82, 2.24) is 34.5 Å². The molecule has 0 bridgehead atoms. The first kappa shape index (κ1) is 35.1. The SMILES string of the molecule is CCCCN1C(=O)[C@H](CC(C)C)NC(=O)C12CCN(Cc1c(C)nn(-c3ccc(S(=O)(=O)NCCCN(C)C)cc3)c1C)CC2. The van der Waals surface area contributed by atoms with Crippen molar-refractivity contribution in [1.29, 1.82) is 0 Å². The third-order valence-corrected chi connectivity index (χ3v) is 10.7. The molecule has 2 aromatic rings. The van der Waals surface area contributed by atoms with Gasteiger partial charge in [-0.2, -0.15) is 5.10 Å². The zero-order valence-corrected chi connectivity index (χ0v) is 29.0. The van der Waals surface area contributed by atoms with Crippen molar-refractivity contribution in [3.05, 3.63) is 41.2 Å². The highest BCUT2D eigenvalue weighted by atomic mass is 32.2. The van der Waals surface area contributed by atoms with Gasteiger partial charge in [0.2, 0.25) is 21.8 Å². The number of aryl methyl sites for hydroxylation is 1. The van der Waals surface area contributed by atoms with Crippen molar-refractivity contribution in [2.24, 2.45) is 5.92 Å². The van der Waals surface area contributed by atoms with Gasteiger partial charge in [0.05, 0.1) is 16.3 Å². The van der Waals surface area contributed by atoms with Gasteiger partial charge in [-0.1, -0.05) is 27.2 Å². The molecule has 2 aliphatic rings. The van der Waals surface area contributed by atoms with Crippen molar-refractivity contribution in [3.8, 4) is 5.69 Å². The lowest BCUT2D eigenvalue weighted by atomic mass is 9.80. The molecule has 0 unspecified atom stereocenters. The van der Waals surface area contributed by atoms with Gasteiger partial charge in [0.15, 0.2) is 0 Å². The Morgan fingerprint density at radius 1 is 1.09 bits per heavy atom. The number of carbonyl (C=O) groups excluding carboxylic acids is 2. The van der Waals surface area contributed by atoms with Crippen LogP contribution in [0.2, 0.25) is 0 Å². The number of nitrogens with zero attached hydrogens (tertiary/aromatic N) is 5. The molecule has 2 aliphatic heterocycles. The molecular formula is C33H53N7O4S. The highest BCUT2D eigenvalue weighted by Crippen LogP contribution is 2.35. The highest BCUT2D eigenvalue weighted by Gasteiger charge is 2.53. The van der Waals surface area contributed by atoms with Crippen LogP contribution in [0.1, 0.15) is 76.2 Å². The minimum absolute atomic E-state index is 0.00194. The summed E-state index contributed by atoms with van der Waals surface area (Å²) in [6.45, 7) is 14.2. The van der Waals surface area contributed by atoms with Crippen LogP contribution >= 0.6 is 0 Å². The lowest BCUT2D eigenvalue weighted by molar-refractivity contribution is -0.161. The van der Waals surface area contributed by atoms with E-state index < -0.39 is 21.6 Å². The maximum Gasteiger partial charge on any atom is 0.246 e. The van der Waals surface area contributed by atoms with Crippen LogP contribution in [0.3, 0.4) is 0 Å². The summed E-state index contributed by atoms with van der Waals surface area (Å²) in [5.41, 5.74) is 3.05. The molecule has 1 atom stereocenters. The van der Waals surface area contributed by atoms with E-state index in [1.54, 1.807) is 24.3 Å². The largest absolute Gasteiger partial charge is 0.342 e. The number of sulfonamides is 1. The highest BCUT2D eigenvalue weighted by molar-refractivity contribution is 7.89. The predicted molar refractivity (Wildman–Crippen MR) is 177 cm³/mol. The van der Waals surface area contributed by atoms with E-state index in [-0.39, 0.29) is 16.7 Å². The standard InChI is InChI=1S/C33H53N7O4S/c1-8-9-19-39-31(41)30(22-24(2)3)35-32(42)33(39)15-20-38(21-16-33)23-29-25(4)36-40(26(29)5)27-11-13-28(14-12-27)45(43,44)34-17-10-18-37(6)7/h11-14,24,30,34H,8-10,15-23H2,1-7H3,(H,35,42)/t30-/m0/s1. The number of aromatic nitrogens is 2. The Bertz CT molecular complexity index is 1430. The first-order chi connectivity index (χ1) is 21.3. The van der Waals surface area contributed by atoms with E-state index >= 15 is 0 Å². The van der Waals surface area contributed by atoms with Gasteiger partial charge >= 0.3 is 0 Å². The van der Waals surface area contributed by atoms with Crippen LogP contribution in [-0.4, -0.2) is 103 Å². The molecule has 4 rings (SSSR count). The third kappa shape index (κ3) is 7.96. The fourth-order valence-corrected chi connectivity index (χ4v) is 7.63. The summed E-state index contributed by atoms with van der Waals surface area (Å²) in [5, 5.41) is 7.89. The van der Waals surface area contributed by atoms with Crippen molar-refractivity contribution >= 4 is 21.8 Å². The second-order valence-corrected chi connectivity index (χ2v) is 15.2. The number of hydrogen-bond donors (Lipinski definition) is 2. The van der Waals surface area contributed by atoms with Crippen molar-refractivity contribution < 1.29 is 18.0 Å². The Hall–Kier alpha value is -2.80. The van der Waals surface area contributed by atoms with Gasteiger partial charge in [0.25, 0.3) is 0 Å². The minimum atomic E-state index is -3.58. The maximum atomic E-state index is 13.6. The Morgan fingerprint density at radius 3 is 2.36 bits per heavy atom. The van der Waals surface area contributed by atoms with E-state index in [2.05, 4.69) is 35.7 Å². The molecule has 11 nitrogen and oxygen atoms in total. The summed E-state index contributed by atoms with van der Waals surface area (Å²) in [6, 6.07) is 6.39. The number of benzene rings is 1. The fourth-order valence-electron chi connectivity index (χ4n) is 6.56. The van der Waals surface area contributed by atoms with E-state index in [1.165, 1.54) is 0 Å². The van der Waals surface area contributed by atoms with E-state index in [0.29, 0.717) is 57.9 Å². The average Bonchev–Trinajstić information content (AvgIpc) is 3.27. The van der Waals surface area contributed by atoms with Gasteiger partial charge < -0.3 is 15.1 Å². The summed E-state index contributed by atoms with van der Waals surface area (Å²) < 4.78 is 30.1. The number of amides is 2. The van der Waals surface area contributed by atoms with Crippen LogP contribution in [0.5, 0.6) is 0 Å². The van der Waals surface area contributed by atoms with Crippen molar-refractivity contribution in [2.45, 2.75) is 96.2 Å². The predicted octanol–water partition coefficient (Wildman–Crippen LogP) is 3.23. The molecule has 45 heavy (non-hydrogen) atoms. The third-order valence-electron chi connectivity index (χ3n) is 9.22. The molecule has 1 aromatic carbocycles. The lowest BCUT2D eigenvalue weighted by Crippen LogP contribution is -2.73. The molecule has 1 spiro atoms. The van der Waals surface area contributed by atoms with E-state index in [1.807, 2.05) is 42.4 Å². The van der Waals surface area contributed by atoms with Crippen LogP contribution in [0.25, 0.3) is 5.69 Å². The number of hydrogen-bond acceptors (Lipinski definition) is 7. The van der Waals surface area contributed by atoms with Gasteiger partial charge in [-0.3, -0.25) is 14.5 Å². The molecule has 12 heteroatoms. The molecule has 0 saturated carbocycles. The van der Waals surface area contributed by atoms with Gasteiger partial charge in [0.1, 0.15) is 11.6 Å². The Kier molecular flexibility index (Phi) is 11.5. The first-order valence-corrected chi connectivity index (χ1v) is 17.9. The zero-order chi connectivity index (χ0) is 32.9. The van der Waals surface area contributed by atoms with Gasteiger partial charge in [-0.15, -0.1) is 0 Å². The van der Waals surface area contributed by atoms with Gasteiger partial charge in [0, 0.05) is 44.0 Å². The zero-order valence-electron chi connectivity index (χ0n) is 28.2. The number of piperidine rings is 1. The molecule has 0 aliphatic carbocycles. The van der Waals surface area contributed by atoms with Crippen LogP contribution in [0, 0.1) is 19.8 Å². The maximum absolute atomic E-state index is 13.6. The Balaban J connectivity index is 1.43. The molecule has 2 amide bonds. The van der Waals surface area contributed by atoms with Crippen molar-refractivity contribution in [3.63, 3.8) is 0 Å². The molecular weight excluding hydrogens is 590 g/mol. The smallest absolute Gasteiger partial charge is 0.246 e. The summed E-state index contributed by atoms with van der Waals surface area (Å²) in [6.07, 6.45) is 4.46. The molecule has 2 N–H and O–H groups in total. The Labute approximate surface area is 269 Å². The van der Waals surface area contributed by atoms with Crippen molar-refractivity contribution in [2.75, 3.05) is 46.8 Å². The molecule has 1 aromatic heterocycles. The molecule has 2 fully saturated rings. The summed E-state index contributed by atoms with van der Waals surface area (Å²) in [4.78, 5) is 33.7. The van der Waals surface area contributed by atoms with Crippen LogP contribution in [0.15, 0.2) is 29.2 Å². The number of carbonyl (C=O) groups is 2. The Morgan fingerprint density at radius 2 is 1.76 bits per heavy atom. The second kappa shape index (κ2) is 14.7. The molecule has 0 radical (unpaired) electrons. The number of unbranched alkanes of at least 4 members (excludes halogenated alkanes) is 1. The first-order valence-electron chi connectivity index (χ1n) is 16.4.